The molecule has 0 radical (unpaired) electrons. The number of benzene rings is 2. The summed E-state index contributed by atoms with van der Waals surface area (Å²) in [6, 6.07) is 13.5. The summed E-state index contributed by atoms with van der Waals surface area (Å²) in [7, 11) is 0. The topological polar surface area (TPSA) is 38.3 Å². The largest absolute Gasteiger partial charge is 0.493 e. The zero-order valence-corrected chi connectivity index (χ0v) is 15.1. The average Bonchev–Trinajstić information content (AvgIpc) is 2.56. The Balaban J connectivity index is 2.19. The Labute approximate surface area is 145 Å². The van der Waals surface area contributed by atoms with Gasteiger partial charge in [-0.15, -0.1) is 0 Å². The van der Waals surface area contributed by atoms with E-state index in [1.54, 1.807) is 0 Å². The molecule has 2 aromatic carbocycles. The molecule has 2 aromatic rings. The third-order valence-corrected chi connectivity index (χ3v) is 4.06. The summed E-state index contributed by atoms with van der Waals surface area (Å²) in [6.07, 6.45) is 1.84. The second-order valence-electron chi connectivity index (χ2n) is 6.44. The predicted octanol–water partition coefficient (Wildman–Crippen LogP) is 5.23. The van der Waals surface area contributed by atoms with Gasteiger partial charge >= 0.3 is 0 Å². The maximum Gasteiger partial charge on any atom is 0.259 e. The highest BCUT2D eigenvalue weighted by Gasteiger charge is 2.15. The molecule has 1 N–H and O–H groups in total. The Kier molecular flexibility index (Phi) is 6.42. The number of aryl methyl sites for hydroxylation is 2. The number of carbonyl (C=O) groups excluding carboxylic acids is 1. The molecule has 0 bridgehead atoms. The quantitative estimate of drug-likeness (QED) is 0.756. The van der Waals surface area contributed by atoms with Crippen LogP contribution >= 0.6 is 0 Å². The van der Waals surface area contributed by atoms with Gasteiger partial charge < -0.3 is 10.1 Å². The molecule has 0 aromatic heterocycles. The van der Waals surface area contributed by atoms with Crippen LogP contribution in [-0.2, 0) is 6.42 Å². The van der Waals surface area contributed by atoms with Crippen LogP contribution in [0.3, 0.4) is 0 Å². The van der Waals surface area contributed by atoms with Crippen molar-refractivity contribution < 1.29 is 9.53 Å². The van der Waals surface area contributed by atoms with Crippen LogP contribution in [0.5, 0.6) is 5.75 Å². The van der Waals surface area contributed by atoms with Gasteiger partial charge in [-0.3, -0.25) is 4.79 Å². The lowest BCUT2D eigenvalue weighted by Crippen LogP contribution is -2.16. The van der Waals surface area contributed by atoms with E-state index >= 15 is 0 Å². The standard InChI is InChI=1S/C21H27NO2/c1-5-17-10-8-9-16(4)20(17)22-21(23)18-11-6-7-12-19(18)24-14-13-15(2)3/h6-12,15H,5,13-14H2,1-4H3,(H,22,23). The maximum absolute atomic E-state index is 12.8. The van der Waals surface area contributed by atoms with Gasteiger partial charge in [0, 0.05) is 5.69 Å². The average molecular weight is 325 g/mol. The van der Waals surface area contributed by atoms with Crippen LogP contribution in [0.2, 0.25) is 0 Å². The molecule has 0 aliphatic rings. The molecule has 0 spiro atoms. The lowest BCUT2D eigenvalue weighted by molar-refractivity contribution is 0.102. The number of nitrogens with one attached hydrogen (secondary N) is 1. The van der Waals surface area contributed by atoms with Crippen molar-refractivity contribution >= 4 is 11.6 Å². The molecule has 3 nitrogen and oxygen atoms in total. The molecule has 0 fully saturated rings. The van der Waals surface area contributed by atoms with Crippen molar-refractivity contribution in [2.45, 2.75) is 40.5 Å². The van der Waals surface area contributed by atoms with E-state index in [1.165, 1.54) is 0 Å². The Morgan fingerprint density at radius 1 is 1.12 bits per heavy atom. The summed E-state index contributed by atoms with van der Waals surface area (Å²) in [5.74, 6) is 1.09. The fraction of sp³-hybridized carbons (Fsp3) is 0.381. The fourth-order valence-corrected chi connectivity index (χ4v) is 2.57. The summed E-state index contributed by atoms with van der Waals surface area (Å²) >= 11 is 0. The smallest absolute Gasteiger partial charge is 0.259 e. The first kappa shape index (κ1) is 18.1. The lowest BCUT2D eigenvalue weighted by Gasteiger charge is -2.15. The molecule has 3 heteroatoms. The SMILES string of the molecule is CCc1cccc(C)c1NC(=O)c1ccccc1OCCC(C)C. The molecule has 24 heavy (non-hydrogen) atoms. The summed E-state index contributed by atoms with van der Waals surface area (Å²) in [6.45, 7) is 9.04. The molecular formula is C21H27NO2. The Morgan fingerprint density at radius 2 is 1.88 bits per heavy atom. The van der Waals surface area contributed by atoms with Crippen molar-refractivity contribution in [1.82, 2.24) is 0 Å². The van der Waals surface area contributed by atoms with Crippen LogP contribution in [0.1, 0.15) is 48.7 Å². The Hall–Kier alpha value is -2.29. The third kappa shape index (κ3) is 4.60. The molecule has 2 rings (SSSR count). The summed E-state index contributed by atoms with van der Waals surface area (Å²) in [4.78, 5) is 12.8. The highest BCUT2D eigenvalue weighted by molar-refractivity contribution is 6.06. The minimum atomic E-state index is -0.126. The van der Waals surface area contributed by atoms with E-state index in [9.17, 15) is 4.79 Å². The second-order valence-corrected chi connectivity index (χ2v) is 6.44. The monoisotopic (exact) mass is 325 g/mol. The van der Waals surface area contributed by atoms with Crippen molar-refractivity contribution in [3.63, 3.8) is 0 Å². The van der Waals surface area contributed by atoms with Gasteiger partial charge in [0.2, 0.25) is 0 Å². The molecule has 128 valence electrons. The Bertz CT molecular complexity index is 692. The highest BCUT2D eigenvalue weighted by atomic mass is 16.5. The van der Waals surface area contributed by atoms with Crippen LogP contribution in [-0.4, -0.2) is 12.5 Å². The van der Waals surface area contributed by atoms with Crippen LogP contribution in [0, 0.1) is 12.8 Å². The van der Waals surface area contributed by atoms with Crippen LogP contribution in [0.4, 0.5) is 5.69 Å². The molecule has 0 heterocycles. The molecule has 0 saturated carbocycles. The first-order chi connectivity index (χ1) is 11.5. The number of hydrogen-bond acceptors (Lipinski definition) is 2. The first-order valence-corrected chi connectivity index (χ1v) is 8.64. The minimum absolute atomic E-state index is 0.126. The zero-order valence-electron chi connectivity index (χ0n) is 15.1. The van der Waals surface area contributed by atoms with Gasteiger partial charge in [-0.25, -0.2) is 0 Å². The van der Waals surface area contributed by atoms with E-state index in [0.29, 0.717) is 23.8 Å². The number of anilines is 1. The van der Waals surface area contributed by atoms with Gasteiger partial charge in [-0.1, -0.05) is 51.1 Å². The van der Waals surface area contributed by atoms with E-state index in [1.807, 2.05) is 49.4 Å². The maximum atomic E-state index is 12.8. The van der Waals surface area contributed by atoms with Crippen LogP contribution in [0.25, 0.3) is 0 Å². The first-order valence-electron chi connectivity index (χ1n) is 8.64. The van der Waals surface area contributed by atoms with E-state index in [0.717, 1.165) is 29.7 Å². The van der Waals surface area contributed by atoms with Crippen LogP contribution in [0.15, 0.2) is 42.5 Å². The minimum Gasteiger partial charge on any atom is -0.493 e. The summed E-state index contributed by atoms with van der Waals surface area (Å²) < 4.78 is 5.83. The second kappa shape index (κ2) is 8.53. The molecule has 0 unspecified atom stereocenters. The lowest BCUT2D eigenvalue weighted by atomic mass is 10.1. The van der Waals surface area contributed by atoms with E-state index in [2.05, 4.69) is 26.1 Å². The third-order valence-electron chi connectivity index (χ3n) is 4.06. The number of carbonyl (C=O) groups is 1. The molecular weight excluding hydrogens is 298 g/mol. The van der Waals surface area contributed by atoms with Gasteiger partial charge in [0.1, 0.15) is 5.75 Å². The number of amides is 1. The van der Waals surface area contributed by atoms with Gasteiger partial charge in [0.05, 0.1) is 12.2 Å². The van der Waals surface area contributed by atoms with Crippen molar-refractivity contribution in [2.75, 3.05) is 11.9 Å². The number of rotatable bonds is 7. The molecule has 1 amide bonds. The number of ether oxygens (including phenoxy) is 1. The van der Waals surface area contributed by atoms with Gasteiger partial charge in [-0.2, -0.15) is 0 Å². The summed E-state index contributed by atoms with van der Waals surface area (Å²) in [5.41, 5.74) is 3.69. The van der Waals surface area contributed by atoms with E-state index < -0.39 is 0 Å². The Morgan fingerprint density at radius 3 is 2.58 bits per heavy atom. The summed E-state index contributed by atoms with van der Waals surface area (Å²) in [5, 5.41) is 3.07. The van der Waals surface area contributed by atoms with E-state index in [4.69, 9.17) is 4.74 Å². The highest BCUT2D eigenvalue weighted by Crippen LogP contribution is 2.24. The van der Waals surface area contributed by atoms with Crippen molar-refractivity contribution in [2.24, 2.45) is 5.92 Å². The number of para-hydroxylation sites is 2. The van der Waals surface area contributed by atoms with Crippen molar-refractivity contribution in [3.8, 4) is 5.75 Å². The fourth-order valence-electron chi connectivity index (χ4n) is 2.57. The molecule has 0 saturated heterocycles. The van der Waals surface area contributed by atoms with Crippen LogP contribution < -0.4 is 10.1 Å². The van der Waals surface area contributed by atoms with Crippen molar-refractivity contribution in [3.05, 3.63) is 59.2 Å². The molecule has 0 aliphatic heterocycles. The number of hydrogen-bond donors (Lipinski definition) is 1. The van der Waals surface area contributed by atoms with Gasteiger partial charge in [0.25, 0.3) is 5.91 Å². The molecule has 0 atom stereocenters. The zero-order chi connectivity index (χ0) is 17.5. The van der Waals surface area contributed by atoms with Crippen molar-refractivity contribution in [1.29, 1.82) is 0 Å². The molecule has 0 aliphatic carbocycles. The van der Waals surface area contributed by atoms with Gasteiger partial charge in [0.15, 0.2) is 0 Å². The van der Waals surface area contributed by atoms with E-state index in [-0.39, 0.29) is 5.91 Å². The predicted molar refractivity (Wildman–Crippen MR) is 99.9 cm³/mol. The van der Waals surface area contributed by atoms with Gasteiger partial charge in [-0.05, 0) is 48.9 Å². The normalized spacial score (nSPS) is 10.7.